The topological polar surface area (TPSA) is 79.0 Å². The van der Waals surface area contributed by atoms with Gasteiger partial charge in [0, 0.05) is 24.2 Å². The number of fused-ring (bicyclic) bond motifs is 1. The molecule has 19 heavy (non-hydrogen) atoms. The van der Waals surface area contributed by atoms with Crippen molar-refractivity contribution in [3.63, 3.8) is 0 Å². The number of carbonyl (C=O) groups excluding carboxylic acids is 2. The van der Waals surface area contributed by atoms with E-state index in [2.05, 4.69) is 10.3 Å². The van der Waals surface area contributed by atoms with Gasteiger partial charge in [-0.3, -0.25) is 14.4 Å². The lowest BCUT2D eigenvalue weighted by Gasteiger charge is -2.20. The minimum Gasteiger partial charge on any atom is -0.352 e. The maximum atomic E-state index is 11.9. The van der Waals surface area contributed by atoms with Gasteiger partial charge in [0.15, 0.2) is 5.78 Å². The maximum Gasteiger partial charge on any atom is 0.261 e. The summed E-state index contributed by atoms with van der Waals surface area (Å²) in [6.45, 7) is 4.42. The average Bonchev–Trinajstić information content (AvgIpc) is 2.34. The number of rotatable bonds is 3. The van der Waals surface area contributed by atoms with Crippen LogP contribution in [0.5, 0.6) is 0 Å². The Morgan fingerprint density at radius 2 is 2.16 bits per heavy atom. The second-order valence-electron chi connectivity index (χ2n) is 5.10. The molecule has 0 fully saturated rings. The zero-order chi connectivity index (χ0) is 14.0. The third-order valence-corrected chi connectivity index (χ3v) is 3.29. The molecule has 0 spiro atoms. The van der Waals surface area contributed by atoms with Gasteiger partial charge < -0.3 is 10.3 Å². The van der Waals surface area contributed by atoms with Gasteiger partial charge in [0.25, 0.3) is 11.5 Å². The molecule has 1 amide bonds. The minimum atomic E-state index is -0.422. The zero-order valence-electron chi connectivity index (χ0n) is 11.2. The lowest BCUT2D eigenvalue weighted by atomic mass is 9.86. The summed E-state index contributed by atoms with van der Waals surface area (Å²) in [5.74, 6) is -0.192. The Balaban J connectivity index is 2.38. The largest absolute Gasteiger partial charge is 0.352 e. The summed E-state index contributed by atoms with van der Waals surface area (Å²) < 4.78 is 0. The van der Waals surface area contributed by atoms with Crippen LogP contribution in [0.2, 0.25) is 0 Å². The van der Waals surface area contributed by atoms with Crippen molar-refractivity contribution in [2.24, 2.45) is 5.92 Å². The van der Waals surface area contributed by atoms with Crippen LogP contribution >= 0.6 is 0 Å². The quantitative estimate of drug-likeness (QED) is 0.861. The number of H-pyrrole nitrogens is 1. The molecule has 0 bridgehead atoms. The van der Waals surface area contributed by atoms with E-state index in [1.807, 2.05) is 13.8 Å². The van der Waals surface area contributed by atoms with Crippen molar-refractivity contribution in [3.8, 4) is 0 Å². The van der Waals surface area contributed by atoms with Crippen LogP contribution in [0, 0.1) is 5.92 Å². The molecule has 5 nitrogen and oxygen atoms in total. The lowest BCUT2D eigenvalue weighted by molar-refractivity contribution is 0.0951. The molecule has 1 heterocycles. The molecule has 5 heteroatoms. The molecule has 1 aromatic heterocycles. The fourth-order valence-electron chi connectivity index (χ4n) is 2.33. The van der Waals surface area contributed by atoms with Crippen LogP contribution in [0.25, 0.3) is 0 Å². The van der Waals surface area contributed by atoms with Gasteiger partial charge in [-0.2, -0.15) is 0 Å². The molecule has 1 aromatic rings. The van der Waals surface area contributed by atoms with E-state index in [0.29, 0.717) is 30.6 Å². The van der Waals surface area contributed by atoms with Crippen LogP contribution in [-0.4, -0.2) is 23.2 Å². The molecule has 0 aromatic carbocycles. The molecule has 0 saturated carbocycles. The van der Waals surface area contributed by atoms with E-state index in [4.69, 9.17) is 0 Å². The molecule has 2 rings (SSSR count). The lowest BCUT2D eigenvalue weighted by Crippen LogP contribution is -2.32. The van der Waals surface area contributed by atoms with Gasteiger partial charge in [0.05, 0.1) is 0 Å². The summed E-state index contributed by atoms with van der Waals surface area (Å²) in [5.41, 5.74) is 0.740. The highest BCUT2D eigenvalue weighted by Gasteiger charge is 2.25. The van der Waals surface area contributed by atoms with Crippen molar-refractivity contribution >= 4 is 11.7 Å². The van der Waals surface area contributed by atoms with Gasteiger partial charge in [-0.15, -0.1) is 0 Å². The summed E-state index contributed by atoms with van der Waals surface area (Å²) in [6.07, 6.45) is 1.94. The Hall–Kier alpha value is -1.91. The number of nitrogens with one attached hydrogen (secondary N) is 2. The number of hydrogen-bond donors (Lipinski definition) is 2. The van der Waals surface area contributed by atoms with Crippen molar-refractivity contribution in [2.45, 2.75) is 33.1 Å². The summed E-state index contributed by atoms with van der Waals surface area (Å²) in [6, 6.07) is 1.44. The molecular formula is C14H18N2O3. The molecule has 102 valence electrons. The highest BCUT2D eigenvalue weighted by Crippen LogP contribution is 2.23. The zero-order valence-corrected chi connectivity index (χ0v) is 11.2. The first-order chi connectivity index (χ1) is 9.02. The predicted molar refractivity (Wildman–Crippen MR) is 71.5 cm³/mol. The fourth-order valence-corrected chi connectivity index (χ4v) is 2.33. The van der Waals surface area contributed by atoms with E-state index in [9.17, 15) is 14.4 Å². The first-order valence-corrected chi connectivity index (χ1v) is 6.60. The Kier molecular flexibility index (Phi) is 3.83. The van der Waals surface area contributed by atoms with Gasteiger partial charge in [-0.05, 0) is 24.8 Å². The third kappa shape index (κ3) is 2.75. The Labute approximate surface area is 111 Å². The van der Waals surface area contributed by atoms with Crippen LogP contribution in [0.15, 0.2) is 10.9 Å². The van der Waals surface area contributed by atoms with Gasteiger partial charge >= 0.3 is 0 Å². The highest BCUT2D eigenvalue weighted by molar-refractivity contribution is 6.01. The van der Waals surface area contributed by atoms with Crippen LogP contribution < -0.4 is 10.9 Å². The maximum absolute atomic E-state index is 11.9. The summed E-state index contributed by atoms with van der Waals surface area (Å²) in [4.78, 5) is 38.3. The Morgan fingerprint density at radius 1 is 1.42 bits per heavy atom. The van der Waals surface area contributed by atoms with E-state index in [0.717, 1.165) is 6.42 Å². The predicted octanol–water partition coefficient (Wildman–Crippen LogP) is 1.28. The first-order valence-electron chi connectivity index (χ1n) is 6.60. The van der Waals surface area contributed by atoms with E-state index in [-0.39, 0.29) is 17.3 Å². The van der Waals surface area contributed by atoms with Crippen LogP contribution in [0.1, 0.15) is 53.1 Å². The molecular weight excluding hydrogens is 244 g/mol. The van der Waals surface area contributed by atoms with E-state index in [1.165, 1.54) is 6.07 Å². The van der Waals surface area contributed by atoms with E-state index < -0.39 is 11.5 Å². The molecule has 2 N–H and O–H groups in total. The van der Waals surface area contributed by atoms with E-state index in [1.54, 1.807) is 0 Å². The fraction of sp³-hybridized carbons (Fsp3) is 0.500. The average molecular weight is 262 g/mol. The molecule has 1 atom stereocenters. The Bertz CT molecular complexity index is 575. The number of ketones is 1. The number of amides is 1. The van der Waals surface area contributed by atoms with Gasteiger partial charge in [0.2, 0.25) is 0 Å². The normalized spacial score (nSPS) is 18.0. The van der Waals surface area contributed by atoms with Crippen LogP contribution in [0.4, 0.5) is 0 Å². The van der Waals surface area contributed by atoms with Crippen molar-refractivity contribution in [1.82, 2.24) is 10.3 Å². The smallest absolute Gasteiger partial charge is 0.261 e. The van der Waals surface area contributed by atoms with E-state index >= 15 is 0 Å². The van der Waals surface area contributed by atoms with Crippen molar-refractivity contribution in [2.75, 3.05) is 6.54 Å². The standard InChI is InChI=1S/C14H18N2O3/c1-3-4-15-13(18)10-7-9-11(16-14(10)19)5-8(2)6-12(9)17/h7-8H,3-6H2,1-2H3,(H,15,18)(H,16,19)/t8-/m0/s1. The highest BCUT2D eigenvalue weighted by atomic mass is 16.2. The molecule has 1 aliphatic rings. The van der Waals surface area contributed by atoms with Crippen molar-refractivity contribution in [3.05, 3.63) is 33.2 Å². The number of Topliss-reactive ketones (excluding diaryl/α,β-unsaturated/α-hetero) is 1. The van der Waals surface area contributed by atoms with Crippen molar-refractivity contribution in [1.29, 1.82) is 0 Å². The minimum absolute atomic E-state index is 0.00505. The summed E-state index contributed by atoms with van der Waals surface area (Å²) in [7, 11) is 0. The molecule has 1 aliphatic carbocycles. The third-order valence-electron chi connectivity index (χ3n) is 3.29. The number of pyridine rings is 1. The summed E-state index contributed by atoms with van der Waals surface area (Å²) >= 11 is 0. The number of hydrogen-bond acceptors (Lipinski definition) is 3. The number of aromatic amines is 1. The first kappa shape index (κ1) is 13.5. The second kappa shape index (κ2) is 5.38. The molecule has 0 unspecified atom stereocenters. The van der Waals surface area contributed by atoms with Gasteiger partial charge in [-0.1, -0.05) is 13.8 Å². The second-order valence-corrected chi connectivity index (χ2v) is 5.10. The van der Waals surface area contributed by atoms with Crippen LogP contribution in [-0.2, 0) is 6.42 Å². The van der Waals surface area contributed by atoms with Crippen LogP contribution in [0.3, 0.4) is 0 Å². The molecule has 0 aliphatic heterocycles. The van der Waals surface area contributed by atoms with Crippen molar-refractivity contribution < 1.29 is 9.59 Å². The number of aromatic nitrogens is 1. The van der Waals surface area contributed by atoms with Gasteiger partial charge in [0.1, 0.15) is 5.56 Å². The monoisotopic (exact) mass is 262 g/mol. The molecule has 0 radical (unpaired) electrons. The SMILES string of the molecule is CCCNC(=O)c1cc2c([nH]c1=O)C[C@H](C)CC2=O. The van der Waals surface area contributed by atoms with Gasteiger partial charge in [-0.25, -0.2) is 0 Å². The Morgan fingerprint density at radius 3 is 2.84 bits per heavy atom. The molecule has 0 saturated heterocycles. The summed E-state index contributed by atoms with van der Waals surface area (Å²) in [5, 5.41) is 2.65. The number of carbonyl (C=O) groups is 2.